The van der Waals surface area contributed by atoms with Crippen molar-refractivity contribution in [2.75, 3.05) is 52.0 Å². The van der Waals surface area contributed by atoms with E-state index in [0.717, 1.165) is 18.8 Å². The molecule has 1 aromatic carbocycles. The van der Waals surface area contributed by atoms with E-state index in [1.54, 1.807) is 20.3 Å². The van der Waals surface area contributed by atoms with Gasteiger partial charge in [0.15, 0.2) is 0 Å². The van der Waals surface area contributed by atoms with Crippen LogP contribution in [-0.2, 0) is 16.0 Å². The summed E-state index contributed by atoms with van der Waals surface area (Å²) >= 11 is 0. The van der Waals surface area contributed by atoms with E-state index in [1.165, 1.54) is 6.07 Å². The fourth-order valence-electron chi connectivity index (χ4n) is 2.06. The topological polar surface area (TPSA) is 33.7 Å². The molecule has 5 heteroatoms. The lowest BCUT2D eigenvalue weighted by atomic mass is 10.1. The number of halogens is 1. The molecule has 0 saturated carbocycles. The van der Waals surface area contributed by atoms with Gasteiger partial charge in [0.1, 0.15) is 5.82 Å². The maximum Gasteiger partial charge on any atom is 0.129 e. The summed E-state index contributed by atoms with van der Waals surface area (Å²) in [5, 5.41) is 3.20. The van der Waals surface area contributed by atoms with Crippen LogP contribution in [-0.4, -0.2) is 47.1 Å². The lowest BCUT2D eigenvalue weighted by molar-refractivity contribution is 0.199. The van der Waals surface area contributed by atoms with E-state index in [1.807, 2.05) is 6.07 Å². The summed E-state index contributed by atoms with van der Waals surface area (Å²) in [5.41, 5.74) is 1.62. The van der Waals surface area contributed by atoms with Crippen LogP contribution < -0.4 is 10.2 Å². The van der Waals surface area contributed by atoms with Gasteiger partial charge in [0, 0.05) is 51.6 Å². The number of nitrogens with zero attached hydrogens (tertiary/aromatic N) is 1. The van der Waals surface area contributed by atoms with Crippen molar-refractivity contribution in [1.29, 1.82) is 0 Å². The van der Waals surface area contributed by atoms with Crippen LogP contribution in [0.15, 0.2) is 18.2 Å². The Balaban J connectivity index is 2.79. The van der Waals surface area contributed by atoms with Crippen molar-refractivity contribution < 1.29 is 13.9 Å². The number of benzene rings is 1. The number of nitrogens with one attached hydrogen (secondary N) is 1. The zero-order chi connectivity index (χ0) is 14.8. The molecule has 0 amide bonds. The predicted molar refractivity (Wildman–Crippen MR) is 79.7 cm³/mol. The average Bonchev–Trinajstić information content (AvgIpc) is 2.46. The quantitative estimate of drug-likeness (QED) is 0.667. The Kier molecular flexibility index (Phi) is 8.18. The third-order valence-electron chi connectivity index (χ3n) is 3.17. The monoisotopic (exact) mass is 284 g/mol. The highest BCUT2D eigenvalue weighted by Crippen LogP contribution is 2.23. The maximum absolute atomic E-state index is 14.0. The molecule has 1 rings (SSSR count). The molecule has 0 saturated heterocycles. The van der Waals surface area contributed by atoms with Crippen LogP contribution in [0.4, 0.5) is 10.1 Å². The summed E-state index contributed by atoms with van der Waals surface area (Å²) in [6.07, 6.45) is 0. The molecule has 0 spiro atoms. The average molecular weight is 284 g/mol. The van der Waals surface area contributed by atoms with Crippen molar-refractivity contribution in [2.45, 2.75) is 13.5 Å². The minimum Gasteiger partial charge on any atom is -0.383 e. The van der Waals surface area contributed by atoms with Gasteiger partial charge in [-0.2, -0.15) is 0 Å². The molecule has 20 heavy (non-hydrogen) atoms. The zero-order valence-electron chi connectivity index (χ0n) is 12.6. The second-order valence-electron chi connectivity index (χ2n) is 4.48. The molecule has 4 nitrogen and oxygen atoms in total. The molecule has 0 bridgehead atoms. The molecule has 0 aromatic heterocycles. The van der Waals surface area contributed by atoms with E-state index in [9.17, 15) is 4.39 Å². The second kappa shape index (κ2) is 9.69. The van der Waals surface area contributed by atoms with Gasteiger partial charge in [-0.3, -0.25) is 0 Å². The number of hydrogen-bond acceptors (Lipinski definition) is 4. The predicted octanol–water partition coefficient (Wildman–Crippen LogP) is 2.03. The van der Waals surface area contributed by atoms with Gasteiger partial charge >= 0.3 is 0 Å². The van der Waals surface area contributed by atoms with Crippen LogP contribution in [0.2, 0.25) is 0 Å². The Morgan fingerprint density at radius 2 is 1.95 bits per heavy atom. The highest BCUT2D eigenvalue weighted by atomic mass is 19.1. The number of ether oxygens (including phenoxy) is 2. The molecule has 0 heterocycles. The summed E-state index contributed by atoms with van der Waals surface area (Å²) in [5.74, 6) is -0.178. The van der Waals surface area contributed by atoms with Gasteiger partial charge in [-0.1, -0.05) is 6.07 Å². The first-order valence-corrected chi connectivity index (χ1v) is 6.95. The number of rotatable bonds is 10. The molecular weight excluding hydrogens is 259 g/mol. The van der Waals surface area contributed by atoms with E-state index in [-0.39, 0.29) is 5.82 Å². The van der Waals surface area contributed by atoms with Crippen LogP contribution in [0, 0.1) is 5.82 Å². The molecule has 114 valence electrons. The molecule has 0 radical (unpaired) electrons. The van der Waals surface area contributed by atoms with Gasteiger partial charge in [0.2, 0.25) is 0 Å². The first kappa shape index (κ1) is 16.9. The van der Waals surface area contributed by atoms with Crippen molar-refractivity contribution in [1.82, 2.24) is 5.32 Å². The van der Waals surface area contributed by atoms with Crippen molar-refractivity contribution in [2.24, 2.45) is 0 Å². The van der Waals surface area contributed by atoms with Gasteiger partial charge in [0.25, 0.3) is 0 Å². The Morgan fingerprint density at radius 1 is 1.20 bits per heavy atom. The SMILES string of the molecule is CCN(CCOC)c1cccc(F)c1CNCCOC. The van der Waals surface area contributed by atoms with Crippen molar-refractivity contribution in [3.8, 4) is 0 Å². The summed E-state index contributed by atoms with van der Waals surface area (Å²) in [6, 6.07) is 5.20. The summed E-state index contributed by atoms with van der Waals surface area (Å²) in [4.78, 5) is 2.12. The first-order chi connectivity index (χ1) is 9.74. The van der Waals surface area contributed by atoms with Crippen molar-refractivity contribution in [3.05, 3.63) is 29.6 Å². The Labute approximate surface area is 120 Å². The molecule has 1 aromatic rings. The molecule has 0 fully saturated rings. The van der Waals surface area contributed by atoms with Crippen LogP contribution >= 0.6 is 0 Å². The number of hydrogen-bond donors (Lipinski definition) is 1. The van der Waals surface area contributed by atoms with Gasteiger partial charge in [-0.25, -0.2) is 4.39 Å². The van der Waals surface area contributed by atoms with Gasteiger partial charge in [-0.05, 0) is 19.1 Å². The highest BCUT2D eigenvalue weighted by molar-refractivity contribution is 5.54. The fourth-order valence-corrected chi connectivity index (χ4v) is 2.06. The maximum atomic E-state index is 14.0. The standard InChI is InChI=1S/C15H25FN2O2/c1-4-18(9-11-20-3)15-7-5-6-14(16)13(15)12-17-8-10-19-2/h5-7,17H,4,8-12H2,1-3H3. The van der Waals surface area contributed by atoms with Crippen LogP contribution in [0.3, 0.4) is 0 Å². The minimum absolute atomic E-state index is 0.178. The van der Waals surface area contributed by atoms with Crippen LogP contribution in [0.5, 0.6) is 0 Å². The fraction of sp³-hybridized carbons (Fsp3) is 0.600. The van der Waals surface area contributed by atoms with Gasteiger partial charge < -0.3 is 19.7 Å². The zero-order valence-corrected chi connectivity index (χ0v) is 12.6. The molecule has 0 aliphatic carbocycles. The van der Waals surface area contributed by atoms with Crippen molar-refractivity contribution >= 4 is 5.69 Å². The van der Waals surface area contributed by atoms with E-state index in [2.05, 4.69) is 17.1 Å². The molecule has 0 aliphatic heterocycles. The van der Waals surface area contributed by atoms with Gasteiger partial charge in [0.05, 0.1) is 13.2 Å². The summed E-state index contributed by atoms with van der Waals surface area (Å²) in [7, 11) is 3.33. The number of anilines is 1. The third kappa shape index (κ3) is 5.07. The minimum atomic E-state index is -0.178. The Hall–Kier alpha value is -1.17. The largest absolute Gasteiger partial charge is 0.383 e. The Morgan fingerprint density at radius 3 is 2.60 bits per heavy atom. The van der Waals surface area contributed by atoms with E-state index >= 15 is 0 Å². The number of likely N-dealkylation sites (N-methyl/N-ethyl adjacent to an activating group) is 1. The lowest BCUT2D eigenvalue weighted by Crippen LogP contribution is -2.29. The summed E-state index contributed by atoms with van der Waals surface area (Å²) < 4.78 is 24.1. The second-order valence-corrected chi connectivity index (χ2v) is 4.48. The van der Waals surface area contributed by atoms with Gasteiger partial charge in [-0.15, -0.1) is 0 Å². The molecule has 0 aliphatic rings. The number of methoxy groups -OCH3 is 2. The van der Waals surface area contributed by atoms with E-state index in [0.29, 0.717) is 31.9 Å². The molecule has 0 atom stereocenters. The third-order valence-corrected chi connectivity index (χ3v) is 3.17. The molecular formula is C15H25FN2O2. The highest BCUT2D eigenvalue weighted by Gasteiger charge is 2.13. The van der Waals surface area contributed by atoms with E-state index < -0.39 is 0 Å². The Bertz CT molecular complexity index is 388. The smallest absolute Gasteiger partial charge is 0.129 e. The molecule has 1 N–H and O–H groups in total. The normalized spacial score (nSPS) is 10.8. The molecule has 0 unspecified atom stereocenters. The lowest BCUT2D eigenvalue weighted by Gasteiger charge is -2.26. The van der Waals surface area contributed by atoms with Crippen molar-refractivity contribution in [3.63, 3.8) is 0 Å². The first-order valence-electron chi connectivity index (χ1n) is 6.95. The summed E-state index contributed by atoms with van der Waals surface area (Å²) in [6.45, 7) is 6.07. The van der Waals surface area contributed by atoms with Crippen LogP contribution in [0.1, 0.15) is 12.5 Å². The van der Waals surface area contributed by atoms with E-state index in [4.69, 9.17) is 9.47 Å². The van der Waals surface area contributed by atoms with Crippen LogP contribution in [0.25, 0.3) is 0 Å².